The van der Waals surface area contributed by atoms with Gasteiger partial charge >= 0.3 is 0 Å². The van der Waals surface area contributed by atoms with Crippen molar-refractivity contribution in [3.05, 3.63) is 29.8 Å². The van der Waals surface area contributed by atoms with Crippen LogP contribution in [0, 0.1) is 0 Å². The monoisotopic (exact) mass is 274 g/mol. The number of rotatable bonds is 2. The van der Waals surface area contributed by atoms with Crippen LogP contribution in [0.3, 0.4) is 0 Å². The topological polar surface area (TPSA) is 66.5 Å². The zero-order valence-electron chi connectivity index (χ0n) is 11.9. The molecule has 1 fully saturated rings. The number of amides is 2. The number of para-hydroxylation sites is 1. The van der Waals surface area contributed by atoms with Crippen LogP contribution in [-0.2, 0) is 9.59 Å². The third-order valence-electron chi connectivity index (χ3n) is 2.91. The second-order valence-electron chi connectivity index (χ2n) is 5.92. The van der Waals surface area contributed by atoms with Gasteiger partial charge in [0, 0.05) is 5.54 Å². The molecule has 5 nitrogen and oxygen atoms in total. The van der Waals surface area contributed by atoms with Crippen LogP contribution in [0.1, 0.15) is 37.6 Å². The zero-order valence-corrected chi connectivity index (χ0v) is 11.9. The summed E-state index contributed by atoms with van der Waals surface area (Å²) in [6.07, 6.45) is -0.0881. The number of carbonyl (C=O) groups excluding carboxylic acids is 3. The van der Waals surface area contributed by atoms with Gasteiger partial charge in [0.15, 0.2) is 5.78 Å². The van der Waals surface area contributed by atoms with Crippen LogP contribution >= 0.6 is 0 Å². The number of anilines is 1. The Morgan fingerprint density at radius 2 is 1.85 bits per heavy atom. The summed E-state index contributed by atoms with van der Waals surface area (Å²) in [7, 11) is 0. The Kier molecular flexibility index (Phi) is 3.61. The quantitative estimate of drug-likeness (QED) is 0.831. The van der Waals surface area contributed by atoms with Gasteiger partial charge in [0.25, 0.3) is 5.91 Å². The van der Waals surface area contributed by atoms with Crippen molar-refractivity contribution >= 4 is 23.3 Å². The first-order chi connectivity index (χ1) is 9.28. The van der Waals surface area contributed by atoms with E-state index in [1.54, 1.807) is 24.3 Å². The molecule has 0 spiro atoms. The van der Waals surface area contributed by atoms with Crippen molar-refractivity contribution in [3.63, 3.8) is 0 Å². The van der Waals surface area contributed by atoms with Crippen LogP contribution in [-0.4, -0.2) is 29.7 Å². The van der Waals surface area contributed by atoms with Gasteiger partial charge in [-0.25, -0.2) is 0 Å². The number of nitrogens with one attached hydrogen (secondary N) is 1. The molecule has 20 heavy (non-hydrogen) atoms. The lowest BCUT2D eigenvalue weighted by molar-refractivity contribution is -0.121. The zero-order chi connectivity index (χ0) is 14.9. The third kappa shape index (κ3) is 3.04. The summed E-state index contributed by atoms with van der Waals surface area (Å²) in [5.74, 6) is -0.632. The van der Waals surface area contributed by atoms with E-state index in [1.807, 2.05) is 20.8 Å². The van der Waals surface area contributed by atoms with Gasteiger partial charge in [-0.15, -0.1) is 0 Å². The van der Waals surface area contributed by atoms with E-state index in [1.165, 1.54) is 4.90 Å². The SMILES string of the molecule is CC(C)(C)NC(=O)c1ccccc1N1CC(=O)CC1=O. The summed E-state index contributed by atoms with van der Waals surface area (Å²) in [6, 6.07) is 6.84. The Morgan fingerprint density at radius 3 is 2.40 bits per heavy atom. The fourth-order valence-electron chi connectivity index (χ4n) is 2.11. The summed E-state index contributed by atoms with van der Waals surface area (Å²) in [5, 5.41) is 2.86. The second-order valence-corrected chi connectivity index (χ2v) is 5.92. The molecule has 2 rings (SSSR count). The average molecular weight is 274 g/mol. The van der Waals surface area contributed by atoms with Crippen molar-refractivity contribution in [1.82, 2.24) is 5.32 Å². The molecule has 1 N–H and O–H groups in total. The highest BCUT2D eigenvalue weighted by Crippen LogP contribution is 2.24. The van der Waals surface area contributed by atoms with Gasteiger partial charge < -0.3 is 10.2 Å². The molecular formula is C15H18N2O3. The first-order valence-corrected chi connectivity index (χ1v) is 6.51. The van der Waals surface area contributed by atoms with E-state index >= 15 is 0 Å². The molecule has 1 heterocycles. The highest BCUT2D eigenvalue weighted by molar-refractivity contribution is 6.17. The van der Waals surface area contributed by atoms with Gasteiger partial charge in [-0.3, -0.25) is 14.4 Å². The Morgan fingerprint density at radius 1 is 1.20 bits per heavy atom. The highest BCUT2D eigenvalue weighted by atomic mass is 16.2. The summed E-state index contributed by atoms with van der Waals surface area (Å²) in [4.78, 5) is 36.9. The largest absolute Gasteiger partial charge is 0.347 e. The molecule has 0 bridgehead atoms. The minimum Gasteiger partial charge on any atom is -0.347 e. The van der Waals surface area contributed by atoms with Crippen LogP contribution in [0.4, 0.5) is 5.69 Å². The fourth-order valence-corrected chi connectivity index (χ4v) is 2.11. The summed E-state index contributed by atoms with van der Waals surface area (Å²) in [5.41, 5.74) is 0.533. The molecule has 0 aliphatic carbocycles. The first-order valence-electron chi connectivity index (χ1n) is 6.51. The standard InChI is InChI=1S/C15H18N2O3/c1-15(2,3)16-14(20)11-6-4-5-7-12(11)17-9-10(18)8-13(17)19/h4-7H,8-9H2,1-3H3,(H,16,20). The van der Waals surface area contributed by atoms with Gasteiger partial charge in [-0.05, 0) is 32.9 Å². The molecule has 1 saturated heterocycles. The minimum absolute atomic E-state index is 0.0403. The lowest BCUT2D eigenvalue weighted by atomic mass is 10.1. The van der Waals surface area contributed by atoms with Gasteiger partial charge in [0.05, 0.1) is 24.2 Å². The number of ketones is 1. The molecule has 0 radical (unpaired) electrons. The molecule has 0 saturated carbocycles. The van der Waals surface area contributed by atoms with E-state index in [0.717, 1.165) is 0 Å². The van der Waals surface area contributed by atoms with Crippen molar-refractivity contribution in [2.45, 2.75) is 32.7 Å². The lowest BCUT2D eigenvalue weighted by Crippen LogP contribution is -2.41. The molecule has 0 aromatic heterocycles. The number of carbonyl (C=O) groups is 3. The van der Waals surface area contributed by atoms with Crippen molar-refractivity contribution in [2.24, 2.45) is 0 Å². The van der Waals surface area contributed by atoms with Crippen LogP contribution in [0.25, 0.3) is 0 Å². The first kappa shape index (κ1) is 14.2. The van der Waals surface area contributed by atoms with Crippen molar-refractivity contribution in [1.29, 1.82) is 0 Å². The summed E-state index contributed by atoms with van der Waals surface area (Å²) >= 11 is 0. The van der Waals surface area contributed by atoms with E-state index < -0.39 is 0 Å². The van der Waals surface area contributed by atoms with E-state index in [9.17, 15) is 14.4 Å². The summed E-state index contributed by atoms with van der Waals surface area (Å²) in [6.45, 7) is 5.70. The van der Waals surface area contributed by atoms with Crippen LogP contribution < -0.4 is 10.2 Å². The predicted molar refractivity (Wildman–Crippen MR) is 75.6 cm³/mol. The Labute approximate surface area is 118 Å². The molecule has 1 aliphatic rings. The maximum absolute atomic E-state index is 12.3. The molecule has 1 aromatic carbocycles. The lowest BCUT2D eigenvalue weighted by Gasteiger charge is -2.23. The molecular weight excluding hydrogens is 256 g/mol. The molecule has 1 aromatic rings. The maximum atomic E-state index is 12.3. The molecule has 106 valence electrons. The average Bonchev–Trinajstić information content (AvgIpc) is 2.66. The van der Waals surface area contributed by atoms with Gasteiger partial charge in [0.1, 0.15) is 0 Å². The Balaban J connectivity index is 2.34. The molecule has 1 aliphatic heterocycles. The van der Waals surface area contributed by atoms with E-state index in [2.05, 4.69) is 5.32 Å². The highest BCUT2D eigenvalue weighted by Gasteiger charge is 2.31. The normalized spacial score (nSPS) is 15.7. The van der Waals surface area contributed by atoms with E-state index in [4.69, 9.17) is 0 Å². The molecule has 2 amide bonds. The van der Waals surface area contributed by atoms with Gasteiger partial charge in [-0.1, -0.05) is 12.1 Å². The molecule has 5 heteroatoms. The number of nitrogens with zero attached hydrogens (tertiary/aromatic N) is 1. The Hall–Kier alpha value is -2.17. The Bertz CT molecular complexity index is 573. The second kappa shape index (κ2) is 5.07. The number of benzene rings is 1. The van der Waals surface area contributed by atoms with E-state index in [0.29, 0.717) is 11.3 Å². The smallest absolute Gasteiger partial charge is 0.253 e. The number of hydrogen-bond acceptors (Lipinski definition) is 3. The summed E-state index contributed by atoms with van der Waals surface area (Å²) < 4.78 is 0. The van der Waals surface area contributed by atoms with Crippen molar-refractivity contribution in [3.8, 4) is 0 Å². The minimum atomic E-state index is -0.366. The van der Waals surface area contributed by atoms with Crippen LogP contribution in [0.2, 0.25) is 0 Å². The molecule has 0 unspecified atom stereocenters. The fraction of sp³-hybridized carbons (Fsp3) is 0.400. The van der Waals surface area contributed by atoms with Gasteiger partial charge in [0.2, 0.25) is 5.91 Å². The van der Waals surface area contributed by atoms with Crippen molar-refractivity contribution in [2.75, 3.05) is 11.4 Å². The predicted octanol–water partition coefficient (Wildman–Crippen LogP) is 1.52. The third-order valence-corrected chi connectivity index (χ3v) is 2.91. The van der Waals surface area contributed by atoms with E-state index in [-0.39, 0.29) is 36.1 Å². The molecule has 0 atom stereocenters. The maximum Gasteiger partial charge on any atom is 0.253 e. The van der Waals surface area contributed by atoms with Crippen LogP contribution in [0.15, 0.2) is 24.3 Å². The number of Topliss-reactive ketones (excluding diaryl/α,β-unsaturated/α-hetero) is 1. The van der Waals surface area contributed by atoms with Gasteiger partial charge in [-0.2, -0.15) is 0 Å². The van der Waals surface area contributed by atoms with Crippen LogP contribution in [0.5, 0.6) is 0 Å². The van der Waals surface area contributed by atoms with Crippen molar-refractivity contribution < 1.29 is 14.4 Å². The number of hydrogen-bond donors (Lipinski definition) is 1.